The lowest BCUT2D eigenvalue weighted by atomic mass is 10.0. The Hall–Kier alpha value is -1.38. The number of carbonyl (C=O) groups is 1. The second-order valence-electron chi connectivity index (χ2n) is 3.07. The minimum atomic E-state index is -0.377. The molecule has 0 amide bonds. The number of benzene rings is 1. The van der Waals surface area contributed by atoms with Crippen LogP contribution in [0, 0.1) is 6.92 Å². The van der Waals surface area contributed by atoms with E-state index in [9.17, 15) is 9.18 Å². The highest BCUT2D eigenvalue weighted by Crippen LogP contribution is 2.12. The molecule has 0 aliphatic heterocycles. The van der Waals surface area contributed by atoms with E-state index >= 15 is 0 Å². The smallest absolute Gasteiger partial charge is 0.337 e. The molecule has 76 valence electrons. The zero-order valence-electron chi connectivity index (χ0n) is 8.34. The Morgan fingerprint density at radius 1 is 1.50 bits per heavy atom. The van der Waals surface area contributed by atoms with Crippen molar-refractivity contribution in [2.45, 2.75) is 13.3 Å². The first-order chi connectivity index (χ1) is 6.69. The van der Waals surface area contributed by atoms with Crippen molar-refractivity contribution in [3.8, 4) is 0 Å². The lowest BCUT2D eigenvalue weighted by molar-refractivity contribution is 0.0600. The first-order valence-corrected chi connectivity index (χ1v) is 4.43. The van der Waals surface area contributed by atoms with E-state index in [1.165, 1.54) is 7.11 Å². The molecule has 0 aromatic heterocycles. The van der Waals surface area contributed by atoms with Crippen molar-refractivity contribution >= 4 is 5.97 Å². The Bertz CT molecular complexity index is 334. The fourth-order valence-corrected chi connectivity index (χ4v) is 1.32. The molecule has 0 spiro atoms. The molecule has 14 heavy (non-hydrogen) atoms. The molecule has 0 atom stereocenters. The van der Waals surface area contributed by atoms with Gasteiger partial charge in [0.05, 0.1) is 19.3 Å². The van der Waals surface area contributed by atoms with Crippen LogP contribution in [0.3, 0.4) is 0 Å². The third kappa shape index (κ3) is 2.31. The van der Waals surface area contributed by atoms with Crippen LogP contribution in [0.2, 0.25) is 0 Å². The molecular weight excluding hydrogens is 183 g/mol. The van der Waals surface area contributed by atoms with Gasteiger partial charge in [-0.05, 0) is 30.2 Å². The molecule has 3 heteroatoms. The highest BCUT2D eigenvalue weighted by atomic mass is 19.1. The lowest BCUT2D eigenvalue weighted by Crippen LogP contribution is -2.02. The van der Waals surface area contributed by atoms with Gasteiger partial charge in [0, 0.05) is 6.42 Å². The highest BCUT2D eigenvalue weighted by Gasteiger charge is 2.06. The van der Waals surface area contributed by atoms with Crippen molar-refractivity contribution in [1.82, 2.24) is 0 Å². The molecule has 1 rings (SSSR count). The van der Waals surface area contributed by atoms with Gasteiger partial charge in [-0.15, -0.1) is 0 Å². The average molecular weight is 196 g/mol. The van der Waals surface area contributed by atoms with Gasteiger partial charge >= 0.3 is 5.97 Å². The maximum Gasteiger partial charge on any atom is 0.337 e. The summed E-state index contributed by atoms with van der Waals surface area (Å²) in [6, 6.07) is 5.14. The number of esters is 1. The molecule has 2 nitrogen and oxygen atoms in total. The van der Waals surface area contributed by atoms with Gasteiger partial charge in [-0.1, -0.05) is 6.07 Å². The molecule has 0 saturated carbocycles. The summed E-state index contributed by atoms with van der Waals surface area (Å²) >= 11 is 0. The van der Waals surface area contributed by atoms with E-state index in [1.807, 2.05) is 6.92 Å². The topological polar surface area (TPSA) is 26.3 Å². The minimum Gasteiger partial charge on any atom is -0.465 e. The Labute approximate surface area is 82.7 Å². The van der Waals surface area contributed by atoms with Crippen molar-refractivity contribution in [3.63, 3.8) is 0 Å². The summed E-state index contributed by atoms with van der Waals surface area (Å²) in [7, 11) is 1.34. The van der Waals surface area contributed by atoms with Gasteiger partial charge in [-0.3, -0.25) is 4.39 Å². The van der Waals surface area contributed by atoms with Gasteiger partial charge in [0.15, 0.2) is 0 Å². The van der Waals surface area contributed by atoms with Crippen LogP contribution in [-0.4, -0.2) is 19.8 Å². The number of hydrogen-bond donors (Lipinski definition) is 0. The summed E-state index contributed by atoms with van der Waals surface area (Å²) < 4.78 is 16.7. The SMILES string of the molecule is COC(=O)c1ccc(CCF)c(C)c1. The van der Waals surface area contributed by atoms with Crippen LogP contribution in [0.25, 0.3) is 0 Å². The van der Waals surface area contributed by atoms with Crippen LogP contribution in [0.15, 0.2) is 18.2 Å². The predicted molar refractivity (Wildman–Crippen MR) is 52.2 cm³/mol. The first kappa shape index (κ1) is 10.7. The van der Waals surface area contributed by atoms with E-state index in [1.54, 1.807) is 18.2 Å². The van der Waals surface area contributed by atoms with E-state index in [-0.39, 0.29) is 12.6 Å². The zero-order chi connectivity index (χ0) is 10.6. The Balaban J connectivity index is 2.94. The average Bonchev–Trinajstić information content (AvgIpc) is 2.20. The quantitative estimate of drug-likeness (QED) is 0.693. The summed E-state index contributed by atoms with van der Waals surface area (Å²) in [6.07, 6.45) is 0.396. The second kappa shape index (κ2) is 4.74. The van der Waals surface area contributed by atoms with Crippen molar-refractivity contribution in [3.05, 3.63) is 34.9 Å². The second-order valence-corrected chi connectivity index (χ2v) is 3.07. The molecular formula is C11H13FO2. The van der Waals surface area contributed by atoms with Gasteiger partial charge in [-0.25, -0.2) is 4.79 Å². The van der Waals surface area contributed by atoms with Gasteiger partial charge in [0.1, 0.15) is 0 Å². The van der Waals surface area contributed by atoms with Crippen molar-refractivity contribution < 1.29 is 13.9 Å². The summed E-state index contributed by atoms with van der Waals surface area (Å²) in [5.41, 5.74) is 2.36. The largest absolute Gasteiger partial charge is 0.465 e. The number of alkyl halides is 1. The molecule has 0 saturated heterocycles. The first-order valence-electron chi connectivity index (χ1n) is 4.43. The minimum absolute atomic E-state index is 0.361. The van der Waals surface area contributed by atoms with Crippen LogP contribution >= 0.6 is 0 Å². The van der Waals surface area contributed by atoms with Crippen molar-refractivity contribution in [2.75, 3.05) is 13.8 Å². The van der Waals surface area contributed by atoms with Gasteiger partial charge < -0.3 is 4.74 Å². The van der Waals surface area contributed by atoms with E-state index < -0.39 is 0 Å². The van der Waals surface area contributed by atoms with Crippen LogP contribution in [0.4, 0.5) is 4.39 Å². The summed E-state index contributed by atoms with van der Waals surface area (Å²) in [5.74, 6) is -0.361. The molecule has 0 fully saturated rings. The number of ether oxygens (including phenoxy) is 1. The predicted octanol–water partition coefficient (Wildman–Crippen LogP) is 2.29. The van der Waals surface area contributed by atoms with Crippen molar-refractivity contribution in [1.29, 1.82) is 0 Å². The molecule has 0 bridgehead atoms. The number of aryl methyl sites for hydroxylation is 2. The number of hydrogen-bond acceptors (Lipinski definition) is 2. The molecule has 0 aliphatic rings. The molecule has 0 aliphatic carbocycles. The Morgan fingerprint density at radius 2 is 2.21 bits per heavy atom. The van der Waals surface area contributed by atoms with Crippen LogP contribution in [0.5, 0.6) is 0 Å². The lowest BCUT2D eigenvalue weighted by Gasteiger charge is -2.05. The molecule has 1 aromatic rings. The van der Waals surface area contributed by atoms with Gasteiger partial charge in [0.2, 0.25) is 0 Å². The van der Waals surface area contributed by atoms with Gasteiger partial charge in [-0.2, -0.15) is 0 Å². The number of halogens is 1. The summed E-state index contributed by atoms with van der Waals surface area (Å²) in [6.45, 7) is 1.48. The molecule has 1 aromatic carbocycles. The number of methoxy groups -OCH3 is 1. The van der Waals surface area contributed by atoms with Crippen LogP contribution in [-0.2, 0) is 11.2 Å². The molecule has 0 N–H and O–H groups in total. The van der Waals surface area contributed by atoms with Crippen LogP contribution in [0.1, 0.15) is 21.5 Å². The maximum absolute atomic E-state index is 12.1. The molecule has 0 radical (unpaired) electrons. The van der Waals surface area contributed by atoms with Gasteiger partial charge in [0.25, 0.3) is 0 Å². The molecule has 0 unspecified atom stereocenters. The normalized spacial score (nSPS) is 9.93. The fourth-order valence-electron chi connectivity index (χ4n) is 1.32. The van der Waals surface area contributed by atoms with Crippen LogP contribution < -0.4 is 0 Å². The Morgan fingerprint density at radius 3 is 2.71 bits per heavy atom. The van der Waals surface area contributed by atoms with E-state index in [0.29, 0.717) is 12.0 Å². The third-order valence-corrected chi connectivity index (χ3v) is 2.13. The fraction of sp³-hybridized carbons (Fsp3) is 0.364. The Kier molecular flexibility index (Phi) is 3.63. The maximum atomic E-state index is 12.1. The van der Waals surface area contributed by atoms with E-state index in [4.69, 9.17) is 0 Å². The van der Waals surface area contributed by atoms with E-state index in [2.05, 4.69) is 4.74 Å². The standard InChI is InChI=1S/C11H13FO2/c1-8-7-10(11(13)14-2)4-3-9(8)5-6-12/h3-4,7H,5-6H2,1-2H3. The number of rotatable bonds is 3. The third-order valence-electron chi connectivity index (χ3n) is 2.13. The molecule has 0 heterocycles. The zero-order valence-corrected chi connectivity index (χ0v) is 8.34. The van der Waals surface area contributed by atoms with Crippen molar-refractivity contribution in [2.24, 2.45) is 0 Å². The highest BCUT2D eigenvalue weighted by molar-refractivity contribution is 5.89. The number of carbonyl (C=O) groups excluding carboxylic acids is 1. The monoisotopic (exact) mass is 196 g/mol. The summed E-state index contributed by atoms with van der Waals surface area (Å²) in [5, 5.41) is 0. The summed E-state index contributed by atoms with van der Waals surface area (Å²) in [4.78, 5) is 11.1. The van der Waals surface area contributed by atoms with E-state index in [0.717, 1.165) is 11.1 Å².